The number of halogens is 1. The average Bonchev–Trinajstić information content (AvgIpc) is 3.03. The third kappa shape index (κ3) is 3.98. The smallest absolute Gasteiger partial charge is 0.259 e. The van der Waals surface area contributed by atoms with E-state index in [1.165, 1.54) is 40.9 Å². The van der Waals surface area contributed by atoms with Crippen LogP contribution in [-0.4, -0.2) is 36.7 Å². The largest absolute Gasteiger partial charge is 0.298 e. The number of anilines is 1. The lowest BCUT2D eigenvalue weighted by molar-refractivity contribution is 0.102. The van der Waals surface area contributed by atoms with Crippen molar-refractivity contribution in [2.75, 3.05) is 12.4 Å². The number of para-hydroxylation sites is 1. The molecule has 0 fully saturated rings. The summed E-state index contributed by atoms with van der Waals surface area (Å²) in [5, 5.41) is 3.28. The summed E-state index contributed by atoms with van der Waals surface area (Å²) in [6, 6.07) is 11.4. The SMILES string of the molecule is CC(C)N(C)S(=O)(=O)c1ccc(Cl)c(C(=O)Nc2nc3ccccc3s2)c1. The fourth-order valence-corrected chi connectivity index (χ4v) is 4.83. The number of benzene rings is 2. The predicted molar refractivity (Wildman–Crippen MR) is 109 cm³/mol. The zero-order chi connectivity index (χ0) is 19.8. The summed E-state index contributed by atoms with van der Waals surface area (Å²) in [6.07, 6.45) is 0. The van der Waals surface area contributed by atoms with Crippen LogP contribution in [0, 0.1) is 0 Å². The average molecular weight is 424 g/mol. The first-order valence-electron chi connectivity index (χ1n) is 8.14. The lowest BCUT2D eigenvalue weighted by atomic mass is 10.2. The number of thiazole rings is 1. The monoisotopic (exact) mass is 423 g/mol. The third-order valence-corrected chi connectivity index (χ3v) is 7.41. The Morgan fingerprint density at radius 2 is 1.93 bits per heavy atom. The fourth-order valence-electron chi connectivity index (χ4n) is 2.37. The van der Waals surface area contributed by atoms with Crippen molar-refractivity contribution in [3.63, 3.8) is 0 Å². The molecule has 2 aromatic carbocycles. The van der Waals surface area contributed by atoms with Gasteiger partial charge in [-0.1, -0.05) is 35.1 Å². The number of carbonyl (C=O) groups excluding carboxylic acids is 1. The lowest BCUT2D eigenvalue weighted by Crippen LogP contribution is -2.33. The third-order valence-electron chi connectivity index (χ3n) is 4.10. The van der Waals surface area contributed by atoms with Crippen molar-refractivity contribution < 1.29 is 13.2 Å². The summed E-state index contributed by atoms with van der Waals surface area (Å²) in [7, 11) is -2.23. The van der Waals surface area contributed by atoms with Crippen LogP contribution in [0.15, 0.2) is 47.4 Å². The molecule has 9 heteroatoms. The minimum atomic E-state index is -3.72. The molecule has 1 heterocycles. The molecule has 1 aromatic heterocycles. The molecule has 0 aliphatic heterocycles. The van der Waals surface area contributed by atoms with Gasteiger partial charge in [0.2, 0.25) is 10.0 Å². The molecule has 0 spiro atoms. The molecule has 1 amide bonds. The van der Waals surface area contributed by atoms with Crippen LogP contribution in [0.2, 0.25) is 5.02 Å². The molecule has 6 nitrogen and oxygen atoms in total. The zero-order valence-corrected chi connectivity index (χ0v) is 17.3. The molecule has 0 saturated carbocycles. The van der Waals surface area contributed by atoms with Gasteiger partial charge in [-0.2, -0.15) is 4.31 Å². The Morgan fingerprint density at radius 1 is 1.22 bits per heavy atom. The Bertz CT molecular complexity index is 1080. The Morgan fingerprint density at radius 3 is 2.59 bits per heavy atom. The van der Waals surface area contributed by atoms with Crippen LogP contribution in [0.5, 0.6) is 0 Å². The second-order valence-electron chi connectivity index (χ2n) is 6.20. The molecular weight excluding hydrogens is 406 g/mol. The fraction of sp³-hybridized carbons (Fsp3) is 0.222. The number of carbonyl (C=O) groups is 1. The van der Waals surface area contributed by atoms with Gasteiger partial charge in [-0.05, 0) is 44.2 Å². The van der Waals surface area contributed by atoms with E-state index in [1.54, 1.807) is 13.8 Å². The van der Waals surface area contributed by atoms with Gasteiger partial charge in [0.05, 0.1) is 25.7 Å². The zero-order valence-electron chi connectivity index (χ0n) is 14.9. The number of nitrogens with one attached hydrogen (secondary N) is 1. The van der Waals surface area contributed by atoms with Gasteiger partial charge >= 0.3 is 0 Å². The van der Waals surface area contributed by atoms with Gasteiger partial charge in [0.1, 0.15) is 0 Å². The van der Waals surface area contributed by atoms with Gasteiger partial charge in [0.15, 0.2) is 5.13 Å². The summed E-state index contributed by atoms with van der Waals surface area (Å²) in [6.45, 7) is 3.54. The maximum absolute atomic E-state index is 12.7. The highest BCUT2D eigenvalue weighted by molar-refractivity contribution is 7.89. The van der Waals surface area contributed by atoms with Crippen molar-refractivity contribution in [1.82, 2.24) is 9.29 Å². The molecule has 142 valence electrons. The van der Waals surface area contributed by atoms with Crippen molar-refractivity contribution in [3.8, 4) is 0 Å². The second-order valence-corrected chi connectivity index (χ2v) is 9.63. The standard InChI is InChI=1S/C18H18ClN3O3S2/c1-11(2)22(3)27(24,25)12-8-9-14(19)13(10-12)17(23)21-18-20-15-6-4-5-7-16(15)26-18/h4-11H,1-3H3,(H,20,21,23). The van der Waals surface area contributed by atoms with E-state index < -0.39 is 15.9 Å². The van der Waals surface area contributed by atoms with Gasteiger partial charge in [-0.3, -0.25) is 10.1 Å². The van der Waals surface area contributed by atoms with Crippen molar-refractivity contribution in [2.45, 2.75) is 24.8 Å². The predicted octanol–water partition coefficient (Wildman–Crippen LogP) is 4.23. The van der Waals surface area contributed by atoms with E-state index in [1.807, 2.05) is 24.3 Å². The molecule has 0 unspecified atom stereocenters. The number of sulfonamides is 1. The van der Waals surface area contributed by atoms with Crippen molar-refractivity contribution in [3.05, 3.63) is 53.1 Å². The number of nitrogens with zero attached hydrogens (tertiary/aromatic N) is 2. The first kappa shape index (κ1) is 19.8. The number of aromatic nitrogens is 1. The van der Waals surface area contributed by atoms with E-state index >= 15 is 0 Å². The molecule has 0 radical (unpaired) electrons. The Kier molecular flexibility index (Phi) is 5.53. The first-order chi connectivity index (χ1) is 12.7. The van der Waals surface area contributed by atoms with E-state index in [2.05, 4.69) is 10.3 Å². The van der Waals surface area contributed by atoms with E-state index in [4.69, 9.17) is 11.6 Å². The molecule has 0 bridgehead atoms. The van der Waals surface area contributed by atoms with Crippen molar-refractivity contribution in [2.24, 2.45) is 0 Å². The van der Waals surface area contributed by atoms with Gasteiger partial charge in [-0.15, -0.1) is 0 Å². The molecule has 0 aliphatic rings. The number of hydrogen-bond acceptors (Lipinski definition) is 5. The molecular formula is C18H18ClN3O3S2. The summed E-state index contributed by atoms with van der Waals surface area (Å²) in [4.78, 5) is 17.0. The van der Waals surface area contributed by atoms with Crippen LogP contribution in [0.4, 0.5) is 5.13 Å². The van der Waals surface area contributed by atoms with E-state index in [-0.39, 0.29) is 21.5 Å². The summed E-state index contributed by atoms with van der Waals surface area (Å²) in [5.74, 6) is -0.511. The molecule has 0 atom stereocenters. The van der Waals surface area contributed by atoms with E-state index in [0.29, 0.717) is 5.13 Å². The highest BCUT2D eigenvalue weighted by atomic mass is 35.5. The van der Waals surface area contributed by atoms with Crippen LogP contribution >= 0.6 is 22.9 Å². The van der Waals surface area contributed by atoms with Crippen LogP contribution in [0.25, 0.3) is 10.2 Å². The van der Waals surface area contributed by atoms with Crippen molar-refractivity contribution in [1.29, 1.82) is 0 Å². The van der Waals surface area contributed by atoms with Gasteiger partial charge < -0.3 is 0 Å². The number of hydrogen-bond donors (Lipinski definition) is 1. The summed E-state index contributed by atoms with van der Waals surface area (Å²) < 4.78 is 27.5. The normalized spacial score (nSPS) is 12.1. The van der Waals surface area contributed by atoms with E-state index in [9.17, 15) is 13.2 Å². The maximum atomic E-state index is 12.7. The van der Waals surface area contributed by atoms with E-state index in [0.717, 1.165) is 10.2 Å². The van der Waals surface area contributed by atoms with Crippen molar-refractivity contribution >= 4 is 54.2 Å². The highest BCUT2D eigenvalue weighted by Gasteiger charge is 2.25. The lowest BCUT2D eigenvalue weighted by Gasteiger charge is -2.21. The Hall–Kier alpha value is -2.00. The second kappa shape index (κ2) is 7.55. The number of fused-ring (bicyclic) bond motifs is 1. The van der Waals surface area contributed by atoms with Crippen LogP contribution in [0.3, 0.4) is 0 Å². The molecule has 3 rings (SSSR count). The van der Waals surface area contributed by atoms with Gasteiger partial charge in [0, 0.05) is 13.1 Å². The number of rotatable bonds is 5. The molecule has 3 aromatic rings. The topological polar surface area (TPSA) is 79.4 Å². The summed E-state index contributed by atoms with van der Waals surface area (Å²) in [5.41, 5.74) is 0.855. The Balaban J connectivity index is 1.92. The molecule has 1 N–H and O–H groups in total. The number of amides is 1. The molecule has 27 heavy (non-hydrogen) atoms. The first-order valence-corrected chi connectivity index (χ1v) is 10.8. The van der Waals surface area contributed by atoms with Crippen LogP contribution in [-0.2, 0) is 10.0 Å². The van der Waals surface area contributed by atoms with Crippen LogP contribution < -0.4 is 5.32 Å². The van der Waals surface area contributed by atoms with Crippen LogP contribution in [0.1, 0.15) is 24.2 Å². The van der Waals surface area contributed by atoms with Gasteiger partial charge in [0.25, 0.3) is 5.91 Å². The molecule has 0 saturated heterocycles. The summed E-state index contributed by atoms with van der Waals surface area (Å²) >= 11 is 7.47. The quantitative estimate of drug-likeness (QED) is 0.665. The highest BCUT2D eigenvalue weighted by Crippen LogP contribution is 2.28. The molecule has 0 aliphatic carbocycles. The Labute approximate surface area is 166 Å². The van der Waals surface area contributed by atoms with Gasteiger partial charge in [-0.25, -0.2) is 13.4 Å². The minimum absolute atomic E-state index is 0.0116. The minimum Gasteiger partial charge on any atom is -0.298 e. The maximum Gasteiger partial charge on any atom is 0.259 e.